The second kappa shape index (κ2) is 8.57. The van der Waals surface area contributed by atoms with Crippen molar-refractivity contribution in [1.29, 1.82) is 0 Å². The van der Waals surface area contributed by atoms with Gasteiger partial charge in [-0.1, -0.05) is 35.9 Å². The summed E-state index contributed by atoms with van der Waals surface area (Å²) in [6.07, 6.45) is 0.933. The summed E-state index contributed by atoms with van der Waals surface area (Å²) in [4.78, 5) is 65.4. The predicted molar refractivity (Wildman–Crippen MR) is 123 cm³/mol. The molecule has 0 radical (unpaired) electrons. The molecule has 33 heavy (non-hydrogen) atoms. The molecule has 2 heterocycles. The zero-order chi connectivity index (χ0) is 23.9. The number of nitrogens with zero attached hydrogens (tertiary/aromatic N) is 2. The summed E-state index contributed by atoms with van der Waals surface area (Å²) in [5.74, 6) is -5.10. The van der Waals surface area contributed by atoms with Crippen molar-refractivity contribution < 1.29 is 24.0 Å². The number of amides is 6. The Morgan fingerprint density at radius 3 is 2.30 bits per heavy atom. The van der Waals surface area contributed by atoms with Crippen LogP contribution in [0.1, 0.15) is 5.56 Å². The van der Waals surface area contributed by atoms with E-state index >= 15 is 0 Å². The van der Waals surface area contributed by atoms with Crippen LogP contribution in [0.25, 0.3) is 0 Å². The number of urea groups is 1. The first-order valence-corrected chi connectivity index (χ1v) is 10.4. The quantitative estimate of drug-likeness (QED) is 0.300. The Balaban J connectivity index is 1.72. The summed E-state index contributed by atoms with van der Waals surface area (Å²) in [7, 11) is 0. The second-order valence-electron chi connectivity index (χ2n) is 7.19. The van der Waals surface area contributed by atoms with Gasteiger partial charge in [-0.2, -0.15) is 0 Å². The van der Waals surface area contributed by atoms with Crippen LogP contribution in [-0.4, -0.2) is 34.8 Å². The van der Waals surface area contributed by atoms with Gasteiger partial charge in [0.2, 0.25) is 11.8 Å². The van der Waals surface area contributed by atoms with Gasteiger partial charge in [0.05, 0.1) is 11.4 Å². The third kappa shape index (κ3) is 4.01. The van der Waals surface area contributed by atoms with E-state index < -0.39 is 41.2 Å². The first-order chi connectivity index (χ1) is 15.7. The lowest BCUT2D eigenvalue weighted by Crippen LogP contribution is -2.58. The molecule has 1 atom stereocenters. The number of aryl methyl sites for hydroxylation is 1. The zero-order valence-corrected chi connectivity index (χ0v) is 18.6. The number of imide groups is 2. The molecule has 0 aromatic heterocycles. The molecule has 166 valence electrons. The molecule has 2 aliphatic heterocycles. The third-order valence-corrected chi connectivity index (χ3v) is 5.76. The topological polar surface area (TPSA) is 116 Å². The number of para-hydroxylation sites is 1. The van der Waals surface area contributed by atoms with Gasteiger partial charge in [0.25, 0.3) is 11.8 Å². The van der Waals surface area contributed by atoms with E-state index in [1.807, 2.05) is 5.32 Å². The highest BCUT2D eigenvalue weighted by molar-refractivity contribution is 7.80. The van der Waals surface area contributed by atoms with Crippen LogP contribution in [0.2, 0.25) is 5.02 Å². The number of barbiturate groups is 1. The second-order valence-corrected chi connectivity index (χ2v) is 7.99. The van der Waals surface area contributed by atoms with Gasteiger partial charge in [-0.25, -0.2) is 9.69 Å². The van der Waals surface area contributed by atoms with E-state index in [1.54, 1.807) is 43.3 Å². The van der Waals surface area contributed by atoms with Crippen LogP contribution >= 0.6 is 23.8 Å². The highest BCUT2D eigenvalue weighted by Gasteiger charge is 2.42. The van der Waals surface area contributed by atoms with E-state index in [-0.39, 0.29) is 10.8 Å². The molecule has 6 amide bonds. The van der Waals surface area contributed by atoms with Crippen molar-refractivity contribution in [2.24, 2.45) is 5.92 Å². The van der Waals surface area contributed by atoms with E-state index in [0.717, 1.165) is 16.5 Å². The van der Waals surface area contributed by atoms with Gasteiger partial charge in [0.15, 0.2) is 5.11 Å². The van der Waals surface area contributed by atoms with Crippen molar-refractivity contribution in [3.63, 3.8) is 0 Å². The molecule has 2 saturated heterocycles. The number of hydrogen-bond acceptors (Lipinski definition) is 6. The molecule has 2 aromatic rings. The average molecular weight is 483 g/mol. The van der Waals surface area contributed by atoms with Gasteiger partial charge in [-0.3, -0.25) is 29.4 Å². The minimum atomic E-state index is -1.53. The standard InChI is InChI=1S/C22H15ClN4O5S/c1-11-7-8-13(9-16(11)23)26-19(30)14(17(28)24-21(26)32)10-15-18(29)25-22(33)27(20(15)31)12-5-3-2-4-6-12/h2-10,15H,1H3,(H,24,28,32)(H,25,29,33)/b14-10-/t15-/m0/s1. The monoisotopic (exact) mass is 482 g/mol. The minimum Gasteiger partial charge on any atom is -0.301 e. The SMILES string of the molecule is Cc1ccc(N2C(=O)NC(=O)/C(=C/[C@H]3C(=O)NC(=S)N(c4ccccc4)C3=O)C2=O)cc1Cl. The Labute approximate surface area is 198 Å². The predicted octanol–water partition coefficient (Wildman–Crippen LogP) is 2.22. The number of anilines is 2. The number of carbonyl (C=O) groups is 5. The number of carbonyl (C=O) groups excluding carboxylic acids is 5. The number of benzene rings is 2. The van der Waals surface area contributed by atoms with Crippen molar-refractivity contribution in [2.45, 2.75) is 6.92 Å². The summed E-state index contributed by atoms with van der Waals surface area (Å²) in [5.41, 5.74) is 0.707. The number of thiocarbonyl (C=S) groups is 1. The average Bonchev–Trinajstić information content (AvgIpc) is 2.76. The lowest BCUT2D eigenvalue weighted by atomic mass is 9.98. The molecular formula is C22H15ClN4O5S. The van der Waals surface area contributed by atoms with Gasteiger partial charge in [0.1, 0.15) is 11.5 Å². The molecule has 2 aliphatic rings. The number of rotatable bonds is 3. The Bertz CT molecular complexity index is 1280. The molecule has 4 rings (SSSR count). The fraction of sp³-hybridized carbons (Fsp3) is 0.0909. The van der Waals surface area contributed by atoms with Gasteiger partial charge in [-0.05, 0) is 55.0 Å². The van der Waals surface area contributed by atoms with E-state index in [9.17, 15) is 24.0 Å². The van der Waals surface area contributed by atoms with Gasteiger partial charge in [-0.15, -0.1) is 0 Å². The molecule has 11 heteroatoms. The first-order valence-electron chi connectivity index (χ1n) is 9.60. The van der Waals surface area contributed by atoms with Crippen molar-refractivity contribution in [3.8, 4) is 0 Å². The van der Waals surface area contributed by atoms with E-state index in [2.05, 4.69) is 5.32 Å². The van der Waals surface area contributed by atoms with Crippen molar-refractivity contribution in [1.82, 2.24) is 10.6 Å². The molecule has 0 aliphatic carbocycles. The van der Waals surface area contributed by atoms with Gasteiger partial charge < -0.3 is 5.32 Å². The molecular weight excluding hydrogens is 468 g/mol. The molecule has 9 nitrogen and oxygen atoms in total. The maximum atomic E-state index is 13.1. The molecule has 0 bridgehead atoms. The van der Waals surface area contributed by atoms with Gasteiger partial charge in [0, 0.05) is 5.02 Å². The summed E-state index contributed by atoms with van der Waals surface area (Å²) < 4.78 is 0. The number of halogens is 1. The Hall–Kier alpha value is -3.89. The molecule has 0 saturated carbocycles. The first kappa shape index (κ1) is 22.3. The maximum absolute atomic E-state index is 13.1. The van der Waals surface area contributed by atoms with Gasteiger partial charge >= 0.3 is 6.03 Å². The molecule has 2 aromatic carbocycles. The van der Waals surface area contributed by atoms with Crippen LogP contribution in [0.15, 0.2) is 60.2 Å². The van der Waals surface area contributed by atoms with Crippen LogP contribution in [0.3, 0.4) is 0 Å². The summed E-state index contributed by atoms with van der Waals surface area (Å²) >= 11 is 11.2. The number of hydrogen-bond donors (Lipinski definition) is 2. The van der Waals surface area contributed by atoms with Crippen LogP contribution in [0.5, 0.6) is 0 Å². The Morgan fingerprint density at radius 1 is 0.939 bits per heavy atom. The molecule has 0 unspecified atom stereocenters. The van der Waals surface area contributed by atoms with E-state index in [1.165, 1.54) is 12.1 Å². The molecule has 2 fully saturated rings. The highest BCUT2D eigenvalue weighted by Crippen LogP contribution is 2.27. The van der Waals surface area contributed by atoms with Crippen molar-refractivity contribution >= 4 is 70.0 Å². The lowest BCUT2D eigenvalue weighted by Gasteiger charge is -2.32. The van der Waals surface area contributed by atoms with E-state index in [4.69, 9.17) is 23.8 Å². The fourth-order valence-electron chi connectivity index (χ4n) is 3.36. The Morgan fingerprint density at radius 2 is 1.64 bits per heavy atom. The van der Waals surface area contributed by atoms with Crippen molar-refractivity contribution in [2.75, 3.05) is 9.80 Å². The zero-order valence-electron chi connectivity index (χ0n) is 17.0. The third-order valence-electron chi connectivity index (χ3n) is 5.07. The van der Waals surface area contributed by atoms with Crippen LogP contribution in [0.4, 0.5) is 16.2 Å². The normalized spacial score (nSPS) is 20.3. The summed E-state index contributed by atoms with van der Waals surface area (Å²) in [6.45, 7) is 1.75. The van der Waals surface area contributed by atoms with Crippen LogP contribution in [-0.2, 0) is 19.2 Å². The lowest BCUT2D eigenvalue weighted by molar-refractivity contribution is -0.131. The van der Waals surface area contributed by atoms with Crippen molar-refractivity contribution in [3.05, 3.63) is 70.8 Å². The number of nitrogens with one attached hydrogen (secondary N) is 2. The van der Waals surface area contributed by atoms with Crippen LogP contribution < -0.4 is 20.4 Å². The molecule has 2 N–H and O–H groups in total. The molecule has 0 spiro atoms. The van der Waals surface area contributed by atoms with E-state index in [0.29, 0.717) is 15.6 Å². The summed E-state index contributed by atoms with van der Waals surface area (Å²) in [6, 6.07) is 11.9. The smallest absolute Gasteiger partial charge is 0.301 e. The Kier molecular flexibility index (Phi) is 5.79. The minimum absolute atomic E-state index is 0.123. The maximum Gasteiger partial charge on any atom is 0.335 e. The summed E-state index contributed by atoms with van der Waals surface area (Å²) in [5, 5.41) is 4.63. The highest BCUT2D eigenvalue weighted by atomic mass is 35.5. The largest absolute Gasteiger partial charge is 0.335 e. The fourth-order valence-corrected chi connectivity index (χ4v) is 3.83. The van der Waals surface area contributed by atoms with Crippen LogP contribution in [0, 0.1) is 12.8 Å².